The number of rotatable bonds is 9. The summed E-state index contributed by atoms with van der Waals surface area (Å²) in [5.41, 5.74) is 6.75. The molecule has 2 aliphatic rings. The zero-order valence-corrected chi connectivity index (χ0v) is 25.6. The fraction of sp³-hybridized carbons (Fsp3) is 0.306. The number of pyridine rings is 2. The molecule has 2 fully saturated rings. The summed E-state index contributed by atoms with van der Waals surface area (Å²) in [5.74, 6) is 0.981. The lowest BCUT2D eigenvalue weighted by molar-refractivity contribution is 0.162. The molecule has 0 aliphatic carbocycles. The minimum Gasteiger partial charge on any atom is -0.492 e. The summed E-state index contributed by atoms with van der Waals surface area (Å²) < 4.78 is 27.1. The van der Waals surface area contributed by atoms with Gasteiger partial charge in [-0.15, -0.1) is 0 Å². The van der Waals surface area contributed by atoms with E-state index in [2.05, 4.69) is 47.5 Å². The number of aromatic amines is 2. The van der Waals surface area contributed by atoms with Gasteiger partial charge in [0.15, 0.2) is 5.65 Å². The number of hydrogen-bond donors (Lipinski definition) is 3. The van der Waals surface area contributed by atoms with Gasteiger partial charge in [0.2, 0.25) is 0 Å². The van der Waals surface area contributed by atoms with Gasteiger partial charge in [-0.3, -0.25) is 15.0 Å². The van der Waals surface area contributed by atoms with Crippen LogP contribution in [0.3, 0.4) is 0 Å². The molecule has 0 amide bonds. The molecular formula is C36H36FN7O2. The highest BCUT2D eigenvalue weighted by atomic mass is 19.1. The van der Waals surface area contributed by atoms with Gasteiger partial charge in [0, 0.05) is 52.4 Å². The molecule has 6 aromatic rings. The quantitative estimate of drug-likeness (QED) is 0.168. The maximum Gasteiger partial charge on any atom is 0.155 e. The molecule has 10 heteroatoms. The van der Waals surface area contributed by atoms with Crippen LogP contribution in [0.4, 0.5) is 4.39 Å². The lowest BCUT2D eigenvalue weighted by Crippen LogP contribution is -2.34. The molecule has 0 saturated carbocycles. The predicted octanol–water partition coefficient (Wildman–Crippen LogP) is 6.58. The molecule has 0 spiro atoms. The van der Waals surface area contributed by atoms with Crippen molar-refractivity contribution in [1.82, 2.24) is 35.4 Å². The molecule has 2 aliphatic heterocycles. The van der Waals surface area contributed by atoms with Crippen molar-refractivity contribution >= 4 is 21.9 Å². The number of piperidine rings is 1. The van der Waals surface area contributed by atoms with Crippen LogP contribution in [0.1, 0.15) is 25.7 Å². The maximum absolute atomic E-state index is 14.8. The standard InChI is InChI=1S/C36H36FN7O2/c37-26-14-23(15-28(18-26)45-13-12-44-10-1-2-11-44)30-4-3-5-33-31(30)19-34(41-33)35-32-17-25(21-40-36(32)43-42-35)24-16-29(22-39-20-24)46-27-6-8-38-9-7-27/h3-5,14-22,27,38,41H,1-2,6-13H2,(H,40,42,43). The van der Waals surface area contributed by atoms with Gasteiger partial charge in [-0.05, 0) is 99.4 Å². The van der Waals surface area contributed by atoms with Crippen LogP contribution in [-0.4, -0.2) is 75.5 Å². The van der Waals surface area contributed by atoms with Gasteiger partial charge in [0.25, 0.3) is 0 Å². The van der Waals surface area contributed by atoms with Crippen molar-refractivity contribution in [2.45, 2.75) is 31.8 Å². The van der Waals surface area contributed by atoms with Crippen molar-refractivity contribution < 1.29 is 13.9 Å². The highest BCUT2D eigenvalue weighted by Gasteiger charge is 2.18. The van der Waals surface area contributed by atoms with E-state index in [0.717, 1.165) is 101 Å². The van der Waals surface area contributed by atoms with E-state index in [1.165, 1.54) is 18.9 Å². The van der Waals surface area contributed by atoms with Crippen LogP contribution >= 0.6 is 0 Å². The number of ether oxygens (including phenoxy) is 2. The first-order valence-corrected chi connectivity index (χ1v) is 16.1. The van der Waals surface area contributed by atoms with Crippen LogP contribution in [0, 0.1) is 5.82 Å². The Morgan fingerprint density at radius 1 is 0.870 bits per heavy atom. The summed E-state index contributed by atoms with van der Waals surface area (Å²) in [5, 5.41) is 12.9. The van der Waals surface area contributed by atoms with Crippen LogP contribution in [0.5, 0.6) is 11.5 Å². The highest BCUT2D eigenvalue weighted by Crippen LogP contribution is 2.36. The Morgan fingerprint density at radius 2 is 1.72 bits per heavy atom. The van der Waals surface area contributed by atoms with Crippen LogP contribution < -0.4 is 14.8 Å². The topological polar surface area (TPSA) is 104 Å². The Hall–Kier alpha value is -4.80. The Bertz CT molecular complexity index is 1990. The summed E-state index contributed by atoms with van der Waals surface area (Å²) in [4.78, 5) is 15.0. The molecule has 3 N–H and O–H groups in total. The number of nitrogens with zero attached hydrogens (tertiary/aromatic N) is 4. The molecule has 4 aromatic heterocycles. The molecule has 0 radical (unpaired) electrons. The summed E-state index contributed by atoms with van der Waals surface area (Å²) in [6, 6.07) is 17.1. The average Bonchev–Trinajstić information content (AvgIpc) is 3.85. The van der Waals surface area contributed by atoms with Crippen molar-refractivity contribution in [1.29, 1.82) is 0 Å². The monoisotopic (exact) mass is 617 g/mol. The zero-order valence-electron chi connectivity index (χ0n) is 25.6. The Labute approximate surface area is 266 Å². The van der Waals surface area contributed by atoms with Gasteiger partial charge in [-0.1, -0.05) is 12.1 Å². The van der Waals surface area contributed by atoms with E-state index in [1.807, 2.05) is 42.7 Å². The summed E-state index contributed by atoms with van der Waals surface area (Å²) in [7, 11) is 0. The normalized spacial score (nSPS) is 16.0. The summed E-state index contributed by atoms with van der Waals surface area (Å²) in [6.45, 7) is 5.54. The van der Waals surface area contributed by atoms with E-state index in [4.69, 9.17) is 9.47 Å². The van der Waals surface area contributed by atoms with E-state index in [-0.39, 0.29) is 11.9 Å². The average molecular weight is 618 g/mol. The number of hydrogen-bond acceptors (Lipinski definition) is 7. The third-order valence-corrected chi connectivity index (χ3v) is 9.03. The van der Waals surface area contributed by atoms with Crippen LogP contribution in [0.25, 0.3) is 55.6 Å². The SMILES string of the molecule is Fc1cc(OCCN2CCCC2)cc(-c2cccc3[nH]c(-c4n[nH]c5ncc(-c6cncc(OC7CCNCC7)c6)cc45)cc23)c1. The molecule has 8 rings (SSSR count). The lowest BCUT2D eigenvalue weighted by Gasteiger charge is -2.23. The molecular weight excluding hydrogens is 581 g/mol. The number of fused-ring (bicyclic) bond motifs is 2. The Balaban J connectivity index is 1.08. The second kappa shape index (κ2) is 12.5. The van der Waals surface area contributed by atoms with Gasteiger partial charge in [0.1, 0.15) is 35.7 Å². The molecule has 9 nitrogen and oxygen atoms in total. The van der Waals surface area contributed by atoms with Crippen molar-refractivity contribution in [3.05, 3.63) is 79.0 Å². The Morgan fingerprint density at radius 3 is 2.61 bits per heavy atom. The molecule has 2 saturated heterocycles. The molecule has 46 heavy (non-hydrogen) atoms. The number of nitrogens with one attached hydrogen (secondary N) is 3. The first-order chi connectivity index (χ1) is 22.7. The van der Waals surface area contributed by atoms with E-state index in [0.29, 0.717) is 18.0 Å². The first kappa shape index (κ1) is 28.7. The van der Waals surface area contributed by atoms with Crippen molar-refractivity contribution in [2.75, 3.05) is 39.3 Å². The predicted molar refractivity (Wildman–Crippen MR) is 177 cm³/mol. The van der Waals surface area contributed by atoms with Gasteiger partial charge in [0.05, 0.1) is 11.9 Å². The van der Waals surface area contributed by atoms with E-state index in [1.54, 1.807) is 12.3 Å². The van der Waals surface area contributed by atoms with Gasteiger partial charge >= 0.3 is 0 Å². The van der Waals surface area contributed by atoms with Gasteiger partial charge in [-0.2, -0.15) is 5.10 Å². The van der Waals surface area contributed by atoms with Crippen molar-refractivity contribution in [3.8, 4) is 45.1 Å². The smallest absolute Gasteiger partial charge is 0.155 e. The molecule has 0 atom stereocenters. The number of benzene rings is 2. The third kappa shape index (κ3) is 5.93. The van der Waals surface area contributed by atoms with E-state index in [9.17, 15) is 4.39 Å². The first-order valence-electron chi connectivity index (χ1n) is 16.1. The zero-order chi connectivity index (χ0) is 30.9. The summed E-state index contributed by atoms with van der Waals surface area (Å²) in [6.07, 6.45) is 10.0. The number of aromatic nitrogens is 5. The van der Waals surface area contributed by atoms with Crippen LogP contribution in [-0.2, 0) is 0 Å². The Kier molecular flexibility index (Phi) is 7.81. The molecule has 0 bridgehead atoms. The third-order valence-electron chi connectivity index (χ3n) is 9.03. The fourth-order valence-corrected chi connectivity index (χ4v) is 6.65. The number of H-pyrrole nitrogens is 2. The van der Waals surface area contributed by atoms with Gasteiger partial charge < -0.3 is 19.8 Å². The summed E-state index contributed by atoms with van der Waals surface area (Å²) >= 11 is 0. The van der Waals surface area contributed by atoms with Crippen molar-refractivity contribution in [2.24, 2.45) is 0 Å². The maximum atomic E-state index is 14.8. The molecule has 2 aromatic carbocycles. The largest absolute Gasteiger partial charge is 0.492 e. The van der Waals surface area contributed by atoms with Crippen LogP contribution in [0.2, 0.25) is 0 Å². The highest BCUT2D eigenvalue weighted by molar-refractivity contribution is 6.01. The van der Waals surface area contributed by atoms with Crippen LogP contribution in [0.15, 0.2) is 73.2 Å². The van der Waals surface area contributed by atoms with Crippen molar-refractivity contribution in [3.63, 3.8) is 0 Å². The lowest BCUT2D eigenvalue weighted by atomic mass is 10.0. The second-order valence-electron chi connectivity index (χ2n) is 12.2. The molecule has 6 heterocycles. The second-order valence-corrected chi connectivity index (χ2v) is 12.2. The number of likely N-dealkylation sites (tertiary alicyclic amines) is 1. The van der Waals surface area contributed by atoms with E-state index < -0.39 is 0 Å². The minimum absolute atomic E-state index is 0.192. The molecule has 234 valence electrons. The fourth-order valence-electron chi connectivity index (χ4n) is 6.65. The number of halogens is 1. The molecule has 0 unspecified atom stereocenters. The van der Waals surface area contributed by atoms with Gasteiger partial charge in [-0.25, -0.2) is 9.37 Å². The minimum atomic E-state index is -0.321. The van der Waals surface area contributed by atoms with E-state index >= 15 is 0 Å².